The molecule has 1 aromatic carbocycles. The molecule has 2 atom stereocenters. The Bertz CT molecular complexity index is 678. The summed E-state index contributed by atoms with van der Waals surface area (Å²) in [5.74, 6) is -1.40. The molecule has 1 heterocycles. The Hall–Kier alpha value is -2.17. The quantitative estimate of drug-likeness (QED) is 0.613. The topological polar surface area (TPSA) is 63.7 Å². The van der Waals surface area contributed by atoms with Crippen molar-refractivity contribution in [1.29, 1.82) is 0 Å². The number of hydrogen-bond donors (Lipinski definition) is 0. The van der Waals surface area contributed by atoms with E-state index in [1.54, 1.807) is 0 Å². The summed E-state index contributed by atoms with van der Waals surface area (Å²) in [6.45, 7) is 6.30. The molecule has 0 N–H and O–H groups in total. The second-order valence-corrected chi connectivity index (χ2v) is 8.37. The zero-order valence-corrected chi connectivity index (χ0v) is 15.8. The fourth-order valence-electron chi connectivity index (χ4n) is 3.83. The molecule has 2 aliphatic rings. The summed E-state index contributed by atoms with van der Waals surface area (Å²) in [6.07, 6.45) is 3.45. The minimum absolute atomic E-state index is 0.0719. The fourth-order valence-corrected chi connectivity index (χ4v) is 3.83. The highest BCUT2D eigenvalue weighted by Gasteiger charge is 2.48. The average Bonchev–Trinajstić information content (AvgIpc) is 2.85. The molecule has 1 aliphatic heterocycles. The van der Waals surface area contributed by atoms with Gasteiger partial charge >= 0.3 is 5.97 Å². The number of likely N-dealkylation sites (tertiary alicyclic amines) is 1. The van der Waals surface area contributed by atoms with Crippen LogP contribution in [0.1, 0.15) is 57.6 Å². The molecule has 1 aromatic rings. The Balaban J connectivity index is 1.54. The number of benzene rings is 1. The molecule has 2 amide bonds. The SMILES string of the molecule is CC(C)(C)c1ccc(COC(=O)CN2C(=O)[C@H]3CCCC[C@@H]3C2=O)cc1. The van der Waals surface area contributed by atoms with Crippen LogP contribution >= 0.6 is 0 Å². The van der Waals surface area contributed by atoms with Gasteiger partial charge < -0.3 is 4.74 Å². The first kappa shape index (κ1) is 18.6. The highest BCUT2D eigenvalue weighted by atomic mass is 16.5. The average molecular weight is 357 g/mol. The number of nitrogens with zero attached hydrogens (tertiary/aromatic N) is 1. The van der Waals surface area contributed by atoms with Crippen molar-refractivity contribution in [2.45, 2.75) is 58.5 Å². The smallest absolute Gasteiger partial charge is 0.326 e. The lowest BCUT2D eigenvalue weighted by molar-refractivity contribution is -0.153. The maximum atomic E-state index is 12.4. The molecule has 1 saturated heterocycles. The summed E-state index contributed by atoms with van der Waals surface area (Å²) in [6, 6.07) is 7.94. The molecule has 0 spiro atoms. The van der Waals surface area contributed by atoms with E-state index in [1.165, 1.54) is 5.56 Å². The minimum Gasteiger partial charge on any atom is -0.459 e. The third kappa shape index (κ3) is 3.81. The van der Waals surface area contributed by atoms with Gasteiger partial charge in [0.25, 0.3) is 0 Å². The molecule has 5 nitrogen and oxygen atoms in total. The second kappa shape index (κ2) is 7.22. The number of esters is 1. The van der Waals surface area contributed by atoms with Crippen molar-refractivity contribution in [2.75, 3.05) is 6.54 Å². The fraction of sp³-hybridized carbons (Fsp3) is 0.571. The molecule has 2 fully saturated rings. The van der Waals surface area contributed by atoms with Crippen LogP contribution in [-0.2, 0) is 31.1 Å². The minimum atomic E-state index is -0.537. The van der Waals surface area contributed by atoms with E-state index in [1.807, 2.05) is 24.3 Å². The van der Waals surface area contributed by atoms with Gasteiger partial charge in [0.2, 0.25) is 11.8 Å². The Kier molecular flexibility index (Phi) is 5.17. The van der Waals surface area contributed by atoms with Gasteiger partial charge in [-0.1, -0.05) is 57.9 Å². The van der Waals surface area contributed by atoms with Gasteiger partial charge in [-0.15, -0.1) is 0 Å². The van der Waals surface area contributed by atoms with Crippen LogP contribution < -0.4 is 0 Å². The molecular formula is C21H27NO4. The van der Waals surface area contributed by atoms with Crippen molar-refractivity contribution in [3.63, 3.8) is 0 Å². The number of ether oxygens (including phenoxy) is 1. The molecule has 26 heavy (non-hydrogen) atoms. The molecule has 3 rings (SSSR count). The maximum absolute atomic E-state index is 12.4. The lowest BCUT2D eigenvalue weighted by Gasteiger charge is -2.19. The summed E-state index contributed by atoms with van der Waals surface area (Å²) >= 11 is 0. The molecule has 1 aliphatic carbocycles. The van der Waals surface area contributed by atoms with Gasteiger partial charge in [0, 0.05) is 0 Å². The summed E-state index contributed by atoms with van der Waals surface area (Å²) < 4.78 is 5.28. The van der Waals surface area contributed by atoms with Crippen LogP contribution in [0.15, 0.2) is 24.3 Å². The zero-order chi connectivity index (χ0) is 18.9. The van der Waals surface area contributed by atoms with E-state index in [4.69, 9.17) is 4.74 Å². The summed E-state index contributed by atoms with van der Waals surface area (Å²) in [5.41, 5.74) is 2.17. The monoisotopic (exact) mass is 357 g/mol. The van der Waals surface area contributed by atoms with Crippen LogP contribution in [0.4, 0.5) is 0 Å². The predicted molar refractivity (Wildman–Crippen MR) is 97.1 cm³/mol. The van der Waals surface area contributed by atoms with Crippen molar-refractivity contribution in [2.24, 2.45) is 11.8 Å². The van der Waals surface area contributed by atoms with E-state index in [9.17, 15) is 14.4 Å². The van der Waals surface area contributed by atoms with Crippen LogP contribution in [0.5, 0.6) is 0 Å². The van der Waals surface area contributed by atoms with Crippen molar-refractivity contribution >= 4 is 17.8 Å². The first-order valence-corrected chi connectivity index (χ1v) is 9.37. The van der Waals surface area contributed by atoms with E-state index in [2.05, 4.69) is 20.8 Å². The van der Waals surface area contributed by atoms with Crippen LogP contribution in [0.3, 0.4) is 0 Å². The number of carbonyl (C=O) groups excluding carboxylic acids is 3. The van der Waals surface area contributed by atoms with Crippen LogP contribution in [0.25, 0.3) is 0 Å². The highest BCUT2D eigenvalue weighted by Crippen LogP contribution is 2.37. The standard InChI is InChI=1S/C21H27NO4/c1-21(2,3)15-10-8-14(9-11-15)13-26-18(23)12-22-19(24)16-6-4-5-7-17(16)20(22)25/h8-11,16-17H,4-7,12-13H2,1-3H3/t16-,17-/m0/s1. The molecule has 0 unspecified atom stereocenters. The van der Waals surface area contributed by atoms with Gasteiger partial charge in [-0.05, 0) is 29.4 Å². The first-order chi connectivity index (χ1) is 12.3. The summed E-state index contributed by atoms with van der Waals surface area (Å²) in [5, 5.41) is 0. The molecule has 140 valence electrons. The van der Waals surface area contributed by atoms with E-state index in [-0.39, 0.29) is 42.2 Å². The Labute approximate surface area is 154 Å². The van der Waals surface area contributed by atoms with E-state index in [0.717, 1.165) is 36.1 Å². The molecule has 1 saturated carbocycles. The van der Waals surface area contributed by atoms with Crippen molar-refractivity contribution in [3.8, 4) is 0 Å². The molecular weight excluding hydrogens is 330 g/mol. The van der Waals surface area contributed by atoms with Gasteiger partial charge in [0.15, 0.2) is 0 Å². The highest BCUT2D eigenvalue weighted by molar-refractivity contribution is 6.07. The van der Waals surface area contributed by atoms with Gasteiger partial charge in [0.1, 0.15) is 13.2 Å². The van der Waals surface area contributed by atoms with Gasteiger partial charge in [-0.2, -0.15) is 0 Å². The number of hydrogen-bond acceptors (Lipinski definition) is 4. The molecule has 0 bridgehead atoms. The van der Waals surface area contributed by atoms with E-state index in [0.29, 0.717) is 0 Å². The normalized spacial score (nSPS) is 23.1. The van der Waals surface area contributed by atoms with E-state index >= 15 is 0 Å². The van der Waals surface area contributed by atoms with Crippen molar-refractivity contribution in [3.05, 3.63) is 35.4 Å². The Morgan fingerprint density at radius 1 is 1.04 bits per heavy atom. The number of imide groups is 1. The first-order valence-electron chi connectivity index (χ1n) is 9.37. The Morgan fingerprint density at radius 2 is 1.58 bits per heavy atom. The number of rotatable bonds is 4. The van der Waals surface area contributed by atoms with Crippen LogP contribution in [0.2, 0.25) is 0 Å². The largest absolute Gasteiger partial charge is 0.459 e. The maximum Gasteiger partial charge on any atom is 0.326 e. The summed E-state index contributed by atoms with van der Waals surface area (Å²) in [4.78, 5) is 38.0. The van der Waals surface area contributed by atoms with E-state index < -0.39 is 5.97 Å². The van der Waals surface area contributed by atoms with Gasteiger partial charge in [-0.25, -0.2) is 0 Å². The predicted octanol–water partition coefficient (Wildman–Crippen LogP) is 3.20. The summed E-state index contributed by atoms with van der Waals surface area (Å²) in [7, 11) is 0. The molecule has 5 heteroatoms. The van der Waals surface area contributed by atoms with Crippen LogP contribution in [0, 0.1) is 11.8 Å². The Morgan fingerprint density at radius 3 is 2.08 bits per heavy atom. The second-order valence-electron chi connectivity index (χ2n) is 8.37. The number of fused-ring (bicyclic) bond motifs is 1. The third-order valence-electron chi connectivity index (χ3n) is 5.44. The number of carbonyl (C=O) groups is 3. The molecule has 0 aromatic heterocycles. The molecule has 0 radical (unpaired) electrons. The zero-order valence-electron chi connectivity index (χ0n) is 15.8. The van der Waals surface area contributed by atoms with Crippen LogP contribution in [-0.4, -0.2) is 29.2 Å². The van der Waals surface area contributed by atoms with Crippen molar-refractivity contribution in [1.82, 2.24) is 4.90 Å². The third-order valence-corrected chi connectivity index (χ3v) is 5.44. The van der Waals surface area contributed by atoms with Crippen molar-refractivity contribution < 1.29 is 19.1 Å². The van der Waals surface area contributed by atoms with Gasteiger partial charge in [-0.3, -0.25) is 19.3 Å². The number of amides is 2. The lowest BCUT2D eigenvalue weighted by Crippen LogP contribution is -2.36. The van der Waals surface area contributed by atoms with Gasteiger partial charge in [0.05, 0.1) is 11.8 Å². The lowest BCUT2D eigenvalue weighted by atomic mass is 9.81.